The van der Waals surface area contributed by atoms with Crippen molar-refractivity contribution in [2.75, 3.05) is 53.1 Å². The highest BCUT2D eigenvalue weighted by molar-refractivity contribution is 5.79. The topological polar surface area (TPSA) is 42.0 Å². The molecule has 0 aromatic heterocycles. The minimum atomic E-state index is 0.202. The number of carbonyl (C=O) groups is 1. The van der Waals surface area contributed by atoms with Crippen molar-refractivity contribution in [2.45, 2.75) is 51.0 Å². The van der Waals surface area contributed by atoms with Crippen LogP contribution in [0.4, 0.5) is 0 Å². The smallest absolute Gasteiger partial charge is 0.225 e. The van der Waals surface area contributed by atoms with Gasteiger partial charge in [-0.25, -0.2) is 0 Å². The summed E-state index contributed by atoms with van der Waals surface area (Å²) >= 11 is 0. The van der Waals surface area contributed by atoms with Crippen LogP contribution in [0.1, 0.15) is 44.9 Å². The number of likely N-dealkylation sites (tertiary alicyclic amines) is 2. The van der Waals surface area contributed by atoms with Gasteiger partial charge in [-0.2, -0.15) is 0 Å². The summed E-state index contributed by atoms with van der Waals surface area (Å²) in [5.74, 6) is 1.22. The average molecular weight is 351 g/mol. The fraction of sp³-hybridized carbons (Fsp3) is 0.950. The first kappa shape index (κ1) is 17.7. The molecule has 3 heterocycles. The molecule has 1 atom stereocenters. The summed E-state index contributed by atoms with van der Waals surface area (Å²) in [5, 5.41) is 0. The Bertz CT molecular complexity index is 466. The second kappa shape index (κ2) is 7.53. The standard InChI is InChI=1S/C20H34N2O3/c1-24-14-17-13-22(18-3-2-4-18)15-20(17)7-9-21(10-8-20)19(23)16-5-11-25-12-6-16/h16-18H,2-15H2,1H3. The van der Waals surface area contributed by atoms with Crippen LogP contribution in [0.2, 0.25) is 0 Å². The lowest BCUT2D eigenvalue weighted by atomic mass is 9.71. The average Bonchev–Trinajstić information content (AvgIpc) is 2.92. The normalized spacial score (nSPS) is 31.4. The maximum atomic E-state index is 12.8. The lowest BCUT2D eigenvalue weighted by molar-refractivity contribution is -0.141. The highest BCUT2D eigenvalue weighted by Gasteiger charge is 2.50. The third-order valence-corrected chi connectivity index (χ3v) is 7.44. The number of amides is 1. The zero-order valence-corrected chi connectivity index (χ0v) is 15.8. The van der Waals surface area contributed by atoms with Crippen LogP contribution in [0.3, 0.4) is 0 Å². The van der Waals surface area contributed by atoms with E-state index in [9.17, 15) is 4.79 Å². The lowest BCUT2D eigenvalue weighted by Gasteiger charge is -2.44. The molecular formula is C20H34N2O3. The van der Waals surface area contributed by atoms with Crippen molar-refractivity contribution in [1.29, 1.82) is 0 Å². The van der Waals surface area contributed by atoms with Gasteiger partial charge in [-0.3, -0.25) is 9.69 Å². The Kier molecular flexibility index (Phi) is 5.35. The van der Waals surface area contributed by atoms with E-state index in [-0.39, 0.29) is 5.92 Å². The molecule has 4 aliphatic rings. The molecule has 1 spiro atoms. The molecule has 3 aliphatic heterocycles. The van der Waals surface area contributed by atoms with Crippen LogP contribution in [0, 0.1) is 17.3 Å². The van der Waals surface area contributed by atoms with E-state index in [1.165, 1.54) is 32.4 Å². The van der Waals surface area contributed by atoms with E-state index < -0.39 is 0 Å². The van der Waals surface area contributed by atoms with Crippen molar-refractivity contribution < 1.29 is 14.3 Å². The number of piperidine rings is 1. The second-order valence-electron chi connectivity index (χ2n) is 8.74. The Morgan fingerprint density at radius 2 is 1.88 bits per heavy atom. The molecule has 3 saturated heterocycles. The highest BCUT2D eigenvalue weighted by Crippen LogP contribution is 2.47. The molecule has 1 amide bonds. The Morgan fingerprint density at radius 1 is 1.16 bits per heavy atom. The van der Waals surface area contributed by atoms with Gasteiger partial charge in [0.15, 0.2) is 0 Å². The fourth-order valence-electron chi connectivity index (χ4n) is 5.48. The van der Waals surface area contributed by atoms with E-state index in [0.717, 1.165) is 64.6 Å². The molecule has 0 bridgehead atoms. The van der Waals surface area contributed by atoms with Crippen LogP contribution in [0.5, 0.6) is 0 Å². The monoisotopic (exact) mass is 350 g/mol. The molecule has 5 heteroatoms. The van der Waals surface area contributed by atoms with Crippen LogP contribution < -0.4 is 0 Å². The largest absolute Gasteiger partial charge is 0.384 e. The molecule has 25 heavy (non-hydrogen) atoms. The molecule has 0 radical (unpaired) electrons. The van der Waals surface area contributed by atoms with E-state index in [1.54, 1.807) is 0 Å². The van der Waals surface area contributed by atoms with Gasteiger partial charge in [-0.15, -0.1) is 0 Å². The molecule has 4 rings (SSSR count). The van der Waals surface area contributed by atoms with E-state index in [2.05, 4.69) is 9.80 Å². The van der Waals surface area contributed by atoms with Crippen molar-refractivity contribution in [3.63, 3.8) is 0 Å². The van der Waals surface area contributed by atoms with Gasteiger partial charge in [-0.1, -0.05) is 6.42 Å². The summed E-state index contributed by atoms with van der Waals surface area (Å²) in [5.41, 5.74) is 0.373. The van der Waals surface area contributed by atoms with Crippen molar-refractivity contribution in [2.24, 2.45) is 17.3 Å². The minimum absolute atomic E-state index is 0.202. The van der Waals surface area contributed by atoms with Crippen LogP contribution in [0.15, 0.2) is 0 Å². The van der Waals surface area contributed by atoms with E-state index in [1.807, 2.05) is 7.11 Å². The molecule has 0 aromatic rings. The van der Waals surface area contributed by atoms with Gasteiger partial charge < -0.3 is 14.4 Å². The van der Waals surface area contributed by atoms with Gasteiger partial charge in [0.25, 0.3) is 0 Å². The predicted octanol–water partition coefficient (Wildman–Crippen LogP) is 2.15. The number of nitrogens with zero attached hydrogens (tertiary/aromatic N) is 2. The summed E-state index contributed by atoms with van der Waals surface area (Å²) in [6, 6.07) is 0.820. The molecule has 1 aliphatic carbocycles. The zero-order valence-electron chi connectivity index (χ0n) is 15.8. The molecule has 4 fully saturated rings. The Morgan fingerprint density at radius 3 is 2.48 bits per heavy atom. The van der Waals surface area contributed by atoms with Crippen molar-refractivity contribution >= 4 is 5.91 Å². The Labute approximate surface area is 152 Å². The summed E-state index contributed by atoms with van der Waals surface area (Å²) in [6.45, 7) is 6.68. The fourth-order valence-corrected chi connectivity index (χ4v) is 5.48. The first-order valence-corrected chi connectivity index (χ1v) is 10.3. The molecule has 0 aromatic carbocycles. The van der Waals surface area contributed by atoms with Gasteiger partial charge in [-0.05, 0) is 43.9 Å². The third kappa shape index (κ3) is 3.47. The Balaban J connectivity index is 1.37. The minimum Gasteiger partial charge on any atom is -0.384 e. The van der Waals surface area contributed by atoms with Crippen molar-refractivity contribution in [3.05, 3.63) is 0 Å². The second-order valence-corrected chi connectivity index (χ2v) is 8.74. The number of hydrogen-bond donors (Lipinski definition) is 0. The summed E-state index contributed by atoms with van der Waals surface area (Å²) < 4.78 is 11.0. The van der Waals surface area contributed by atoms with Crippen LogP contribution in [0.25, 0.3) is 0 Å². The quantitative estimate of drug-likeness (QED) is 0.779. The number of hydrogen-bond acceptors (Lipinski definition) is 4. The summed E-state index contributed by atoms with van der Waals surface area (Å²) in [6.07, 6.45) is 8.27. The molecule has 5 nitrogen and oxygen atoms in total. The van der Waals surface area contributed by atoms with E-state index >= 15 is 0 Å². The molecule has 1 unspecified atom stereocenters. The van der Waals surface area contributed by atoms with Gasteiger partial charge >= 0.3 is 0 Å². The Hall–Kier alpha value is -0.650. The first-order chi connectivity index (χ1) is 12.2. The first-order valence-electron chi connectivity index (χ1n) is 10.3. The molecule has 0 N–H and O–H groups in total. The molecule has 1 saturated carbocycles. The third-order valence-electron chi connectivity index (χ3n) is 7.44. The summed E-state index contributed by atoms with van der Waals surface area (Å²) in [7, 11) is 1.84. The number of ether oxygens (including phenoxy) is 2. The van der Waals surface area contributed by atoms with Gasteiger partial charge in [0.1, 0.15) is 0 Å². The van der Waals surface area contributed by atoms with Crippen molar-refractivity contribution in [3.8, 4) is 0 Å². The number of rotatable bonds is 4. The molecular weight excluding hydrogens is 316 g/mol. The highest BCUT2D eigenvalue weighted by atomic mass is 16.5. The lowest BCUT2D eigenvalue weighted by Crippen LogP contribution is -2.49. The molecule has 142 valence electrons. The van der Waals surface area contributed by atoms with Gasteiger partial charge in [0.2, 0.25) is 5.91 Å². The van der Waals surface area contributed by atoms with Gasteiger partial charge in [0.05, 0.1) is 6.61 Å². The van der Waals surface area contributed by atoms with Gasteiger partial charge in [0, 0.05) is 64.4 Å². The van der Waals surface area contributed by atoms with Crippen LogP contribution in [-0.2, 0) is 14.3 Å². The maximum Gasteiger partial charge on any atom is 0.225 e. The zero-order chi connectivity index (χ0) is 17.3. The predicted molar refractivity (Wildman–Crippen MR) is 96.4 cm³/mol. The van der Waals surface area contributed by atoms with E-state index in [4.69, 9.17) is 9.47 Å². The SMILES string of the molecule is COCC1CN(C2CCC2)CC12CCN(C(=O)C1CCOCC1)CC2. The number of methoxy groups -OCH3 is 1. The summed E-state index contributed by atoms with van der Waals surface area (Å²) in [4.78, 5) is 17.7. The maximum absolute atomic E-state index is 12.8. The van der Waals surface area contributed by atoms with Crippen molar-refractivity contribution in [1.82, 2.24) is 9.80 Å². The van der Waals surface area contributed by atoms with Crippen LogP contribution in [-0.4, -0.2) is 74.9 Å². The van der Waals surface area contributed by atoms with E-state index in [0.29, 0.717) is 17.2 Å². The van der Waals surface area contributed by atoms with Crippen LogP contribution >= 0.6 is 0 Å². The number of carbonyl (C=O) groups excluding carboxylic acids is 1.